The summed E-state index contributed by atoms with van der Waals surface area (Å²) < 4.78 is 0. The number of phenols is 2. The second kappa shape index (κ2) is 11.8. The van der Waals surface area contributed by atoms with E-state index >= 15 is 0 Å². The SMILES string of the molecule is Oc1ccccc1C=NC(c1ccccc1)C(N=Cc1ccccc1O)c1ccccc1.[Mn]. The van der Waals surface area contributed by atoms with Crippen molar-refractivity contribution in [2.75, 3.05) is 0 Å². The van der Waals surface area contributed by atoms with E-state index in [2.05, 4.69) is 0 Å². The number of benzene rings is 4. The molecule has 5 heteroatoms. The smallest absolute Gasteiger partial charge is 0.124 e. The van der Waals surface area contributed by atoms with E-state index in [-0.39, 0.29) is 40.7 Å². The minimum absolute atomic E-state index is 0. The topological polar surface area (TPSA) is 65.2 Å². The summed E-state index contributed by atoms with van der Waals surface area (Å²) in [4.78, 5) is 9.75. The van der Waals surface area contributed by atoms with E-state index in [9.17, 15) is 10.2 Å². The molecule has 1 radical (unpaired) electrons. The number of aliphatic imine (C=N–C) groups is 2. The molecule has 2 unspecified atom stereocenters. The molecule has 4 aromatic rings. The second-order valence-corrected chi connectivity index (χ2v) is 7.39. The van der Waals surface area contributed by atoms with Crippen molar-refractivity contribution >= 4 is 12.4 Å². The maximum Gasteiger partial charge on any atom is 0.124 e. The molecule has 0 amide bonds. The third kappa shape index (κ3) is 6.19. The summed E-state index contributed by atoms with van der Waals surface area (Å²) in [7, 11) is 0. The molecule has 0 aliphatic heterocycles. The zero-order chi connectivity index (χ0) is 22.2. The fourth-order valence-corrected chi connectivity index (χ4v) is 3.51. The Morgan fingerprint density at radius 2 is 0.818 bits per heavy atom. The summed E-state index contributed by atoms with van der Waals surface area (Å²) >= 11 is 0. The van der Waals surface area contributed by atoms with Gasteiger partial charge in [-0.15, -0.1) is 0 Å². The normalized spacial score (nSPS) is 13.0. The van der Waals surface area contributed by atoms with Crippen molar-refractivity contribution in [2.45, 2.75) is 12.1 Å². The molecule has 0 heterocycles. The van der Waals surface area contributed by atoms with Gasteiger partial charge in [0, 0.05) is 40.6 Å². The minimum atomic E-state index is -0.333. The summed E-state index contributed by atoms with van der Waals surface area (Å²) in [6, 6.07) is 33.5. The zero-order valence-corrected chi connectivity index (χ0v) is 19.0. The van der Waals surface area contributed by atoms with Crippen LogP contribution in [0.2, 0.25) is 0 Å². The van der Waals surface area contributed by atoms with Crippen LogP contribution in [0.4, 0.5) is 0 Å². The summed E-state index contributed by atoms with van der Waals surface area (Å²) in [6.07, 6.45) is 3.39. The number of nitrogens with zero attached hydrogens (tertiary/aromatic N) is 2. The van der Waals surface area contributed by atoms with Gasteiger partial charge in [0.25, 0.3) is 0 Å². The van der Waals surface area contributed by atoms with Gasteiger partial charge in [-0.05, 0) is 35.4 Å². The van der Waals surface area contributed by atoms with E-state index in [1.807, 2.05) is 84.9 Å². The van der Waals surface area contributed by atoms with Gasteiger partial charge < -0.3 is 10.2 Å². The third-order valence-electron chi connectivity index (χ3n) is 5.20. The van der Waals surface area contributed by atoms with Gasteiger partial charge in [0.2, 0.25) is 0 Å². The van der Waals surface area contributed by atoms with E-state index < -0.39 is 0 Å². The van der Waals surface area contributed by atoms with E-state index in [1.54, 1.807) is 36.7 Å². The first-order valence-corrected chi connectivity index (χ1v) is 10.4. The fourth-order valence-electron chi connectivity index (χ4n) is 3.51. The average molecular weight is 475 g/mol. The first kappa shape index (κ1) is 24.0. The van der Waals surface area contributed by atoms with Crippen molar-refractivity contribution in [3.63, 3.8) is 0 Å². The molecule has 0 aliphatic carbocycles. The monoisotopic (exact) mass is 475 g/mol. The average Bonchev–Trinajstić information content (AvgIpc) is 2.84. The van der Waals surface area contributed by atoms with Crippen molar-refractivity contribution < 1.29 is 27.3 Å². The minimum Gasteiger partial charge on any atom is -0.507 e. The van der Waals surface area contributed by atoms with Crippen molar-refractivity contribution in [1.29, 1.82) is 0 Å². The van der Waals surface area contributed by atoms with Crippen LogP contribution in [0.5, 0.6) is 11.5 Å². The van der Waals surface area contributed by atoms with Gasteiger partial charge in [0.05, 0.1) is 0 Å². The maximum absolute atomic E-state index is 10.2. The quantitative estimate of drug-likeness (QED) is 0.250. The van der Waals surface area contributed by atoms with Gasteiger partial charge in [0.15, 0.2) is 0 Å². The molecule has 4 aromatic carbocycles. The van der Waals surface area contributed by atoms with Crippen molar-refractivity contribution in [2.24, 2.45) is 9.98 Å². The van der Waals surface area contributed by atoms with Gasteiger partial charge in [0.1, 0.15) is 23.6 Å². The largest absolute Gasteiger partial charge is 0.507 e. The van der Waals surface area contributed by atoms with Crippen LogP contribution in [-0.4, -0.2) is 22.6 Å². The van der Waals surface area contributed by atoms with Crippen LogP contribution in [0.25, 0.3) is 0 Å². The molecule has 0 bridgehead atoms. The number of aromatic hydroxyl groups is 2. The molecular weight excluding hydrogens is 451 g/mol. The molecule has 0 spiro atoms. The Morgan fingerprint density at radius 3 is 1.18 bits per heavy atom. The number of para-hydroxylation sites is 2. The van der Waals surface area contributed by atoms with Crippen LogP contribution in [0.3, 0.4) is 0 Å². The summed E-state index contributed by atoms with van der Waals surface area (Å²) in [5, 5.41) is 20.4. The summed E-state index contributed by atoms with van der Waals surface area (Å²) in [6.45, 7) is 0. The van der Waals surface area contributed by atoms with E-state index in [4.69, 9.17) is 9.98 Å². The molecule has 4 rings (SSSR count). The first-order chi connectivity index (χ1) is 15.7. The summed E-state index contributed by atoms with van der Waals surface area (Å²) in [5.41, 5.74) is 3.29. The van der Waals surface area contributed by atoms with E-state index in [0.29, 0.717) is 11.1 Å². The molecule has 33 heavy (non-hydrogen) atoms. The Morgan fingerprint density at radius 1 is 0.485 bits per heavy atom. The second-order valence-electron chi connectivity index (χ2n) is 7.39. The number of hydrogen-bond acceptors (Lipinski definition) is 4. The van der Waals surface area contributed by atoms with Gasteiger partial charge in [-0.25, -0.2) is 0 Å². The van der Waals surface area contributed by atoms with Crippen LogP contribution < -0.4 is 0 Å². The molecule has 0 aliphatic rings. The van der Waals surface area contributed by atoms with Crippen LogP contribution >= 0.6 is 0 Å². The third-order valence-corrected chi connectivity index (χ3v) is 5.20. The Hall–Kier alpha value is -3.66. The number of rotatable bonds is 7. The predicted molar refractivity (Wildman–Crippen MR) is 130 cm³/mol. The molecule has 0 saturated carbocycles. The molecule has 0 fully saturated rings. The Kier molecular flexibility index (Phi) is 8.59. The Balaban J connectivity index is 0.00000306. The Bertz CT molecular complexity index is 1110. The van der Waals surface area contributed by atoms with E-state index in [1.165, 1.54) is 0 Å². The number of hydrogen-bond donors (Lipinski definition) is 2. The zero-order valence-electron chi connectivity index (χ0n) is 17.9. The van der Waals surface area contributed by atoms with Gasteiger partial charge >= 0.3 is 0 Å². The first-order valence-electron chi connectivity index (χ1n) is 10.4. The molecule has 4 nitrogen and oxygen atoms in total. The van der Waals surface area contributed by atoms with Gasteiger partial charge in [-0.3, -0.25) is 9.98 Å². The maximum atomic E-state index is 10.2. The molecule has 2 N–H and O–H groups in total. The van der Waals surface area contributed by atoms with Crippen LogP contribution in [0.1, 0.15) is 34.3 Å². The fraction of sp³-hybridized carbons (Fsp3) is 0.0714. The van der Waals surface area contributed by atoms with Gasteiger partial charge in [-0.2, -0.15) is 0 Å². The molecule has 0 saturated heterocycles. The van der Waals surface area contributed by atoms with Crippen LogP contribution in [-0.2, 0) is 17.1 Å². The number of phenolic OH excluding ortho intramolecular Hbond substituents is 2. The van der Waals surface area contributed by atoms with Crippen LogP contribution in [0.15, 0.2) is 119 Å². The van der Waals surface area contributed by atoms with Gasteiger partial charge in [-0.1, -0.05) is 84.9 Å². The van der Waals surface area contributed by atoms with Crippen molar-refractivity contribution in [3.05, 3.63) is 131 Å². The molecule has 165 valence electrons. The van der Waals surface area contributed by atoms with Crippen molar-refractivity contribution in [3.8, 4) is 11.5 Å². The van der Waals surface area contributed by atoms with Crippen molar-refractivity contribution in [1.82, 2.24) is 0 Å². The molecule has 2 atom stereocenters. The summed E-state index contributed by atoms with van der Waals surface area (Å²) in [5.74, 6) is 0.356. The Labute approximate surface area is 204 Å². The van der Waals surface area contributed by atoms with E-state index in [0.717, 1.165) is 11.1 Å². The molecule has 0 aromatic heterocycles. The van der Waals surface area contributed by atoms with Crippen LogP contribution in [0, 0.1) is 0 Å². The molecular formula is C28H24MnN2O2. The predicted octanol–water partition coefficient (Wildman–Crippen LogP) is 6.12. The standard InChI is InChI=1S/C28H24N2O2.Mn/c31-25-17-9-7-15-23(25)19-29-27(21-11-3-1-4-12-21)28(22-13-5-2-6-14-22)30-20-24-16-8-10-18-26(24)32;/h1-20,27-28,31-32H;.